The lowest BCUT2D eigenvalue weighted by Gasteiger charge is -1.93. The molecule has 15 heavy (non-hydrogen) atoms. The second-order valence-corrected chi connectivity index (χ2v) is 3.18. The predicted molar refractivity (Wildman–Crippen MR) is 54.1 cm³/mol. The van der Waals surface area contributed by atoms with Gasteiger partial charge in [0.15, 0.2) is 5.82 Å². The monoisotopic (exact) mass is 204 g/mol. The van der Waals surface area contributed by atoms with Gasteiger partial charge >= 0.3 is 0 Å². The molecule has 0 aliphatic carbocycles. The van der Waals surface area contributed by atoms with E-state index in [4.69, 9.17) is 10.3 Å². The molecule has 2 N–H and O–H groups in total. The van der Waals surface area contributed by atoms with Gasteiger partial charge in [0.1, 0.15) is 0 Å². The summed E-state index contributed by atoms with van der Waals surface area (Å²) in [6, 6.07) is 3.85. The van der Waals surface area contributed by atoms with Crippen molar-refractivity contribution in [1.29, 1.82) is 0 Å². The van der Waals surface area contributed by atoms with Crippen LogP contribution in [0.25, 0.3) is 0 Å². The Bertz CT molecular complexity index is 412. The second-order valence-electron chi connectivity index (χ2n) is 3.18. The van der Waals surface area contributed by atoms with Crippen LogP contribution in [0.3, 0.4) is 0 Å². The van der Waals surface area contributed by atoms with E-state index < -0.39 is 0 Å². The average molecular weight is 204 g/mol. The van der Waals surface area contributed by atoms with Crippen molar-refractivity contribution >= 4 is 0 Å². The Kier molecular flexibility index (Phi) is 3.04. The lowest BCUT2D eigenvalue weighted by Crippen LogP contribution is -2.04. The van der Waals surface area contributed by atoms with E-state index in [0.717, 1.165) is 5.56 Å². The predicted octanol–water partition coefficient (Wildman–Crippen LogP) is 0.557. The van der Waals surface area contributed by atoms with Gasteiger partial charge in [-0.1, -0.05) is 11.2 Å². The largest absolute Gasteiger partial charge is 0.339 e. The fourth-order valence-electron chi connectivity index (χ4n) is 1.27. The third kappa shape index (κ3) is 2.60. The molecule has 5 nitrogen and oxygen atoms in total. The highest BCUT2D eigenvalue weighted by Gasteiger charge is 2.05. The Hall–Kier alpha value is -1.75. The Morgan fingerprint density at radius 1 is 1.40 bits per heavy atom. The topological polar surface area (TPSA) is 77.8 Å². The minimum absolute atomic E-state index is 0.534. The first kappa shape index (κ1) is 9.79. The molecular formula is C10H12N4O. The van der Waals surface area contributed by atoms with Crippen molar-refractivity contribution in [3.8, 4) is 0 Å². The fraction of sp³-hybridized carbons (Fsp3) is 0.300. The first-order chi connectivity index (χ1) is 7.38. The molecule has 0 fully saturated rings. The zero-order chi connectivity index (χ0) is 10.5. The molecule has 78 valence electrons. The van der Waals surface area contributed by atoms with E-state index in [0.29, 0.717) is 31.1 Å². The van der Waals surface area contributed by atoms with Crippen molar-refractivity contribution in [3.05, 3.63) is 41.8 Å². The van der Waals surface area contributed by atoms with Gasteiger partial charge < -0.3 is 10.3 Å². The highest BCUT2D eigenvalue weighted by atomic mass is 16.5. The summed E-state index contributed by atoms with van der Waals surface area (Å²) >= 11 is 0. The number of hydrogen-bond donors (Lipinski definition) is 1. The fourth-order valence-corrected chi connectivity index (χ4v) is 1.27. The van der Waals surface area contributed by atoms with Crippen LogP contribution in [0.15, 0.2) is 29.0 Å². The summed E-state index contributed by atoms with van der Waals surface area (Å²) in [7, 11) is 0. The van der Waals surface area contributed by atoms with Crippen molar-refractivity contribution in [3.63, 3.8) is 0 Å². The van der Waals surface area contributed by atoms with Crippen LogP contribution in [0.2, 0.25) is 0 Å². The highest BCUT2D eigenvalue weighted by molar-refractivity contribution is 5.12. The lowest BCUT2D eigenvalue weighted by atomic mass is 10.2. The summed E-state index contributed by atoms with van der Waals surface area (Å²) in [6.45, 7) is 0.534. The van der Waals surface area contributed by atoms with Crippen LogP contribution >= 0.6 is 0 Å². The molecule has 0 bridgehead atoms. The van der Waals surface area contributed by atoms with Crippen molar-refractivity contribution in [2.45, 2.75) is 12.8 Å². The van der Waals surface area contributed by atoms with Gasteiger partial charge in [-0.3, -0.25) is 4.98 Å². The standard InChI is InChI=1S/C10H12N4O/c11-4-3-9-13-10(15-14-9)6-8-2-1-5-12-7-8/h1-2,5,7H,3-4,6,11H2. The molecule has 0 atom stereocenters. The van der Waals surface area contributed by atoms with Crippen molar-refractivity contribution in [1.82, 2.24) is 15.1 Å². The molecule has 0 aliphatic rings. The van der Waals surface area contributed by atoms with Crippen LogP contribution in [0, 0.1) is 0 Å². The van der Waals surface area contributed by atoms with Gasteiger partial charge in [0.2, 0.25) is 5.89 Å². The summed E-state index contributed by atoms with van der Waals surface area (Å²) in [5.41, 5.74) is 6.45. The highest BCUT2D eigenvalue weighted by Crippen LogP contribution is 2.05. The van der Waals surface area contributed by atoms with Crippen LogP contribution in [-0.4, -0.2) is 21.7 Å². The SMILES string of the molecule is NCCc1noc(Cc2cccnc2)n1. The van der Waals surface area contributed by atoms with Crippen molar-refractivity contribution < 1.29 is 4.52 Å². The molecule has 2 aromatic heterocycles. The maximum atomic E-state index is 5.39. The first-order valence-electron chi connectivity index (χ1n) is 4.79. The molecule has 2 rings (SSSR count). The number of aromatic nitrogens is 3. The van der Waals surface area contributed by atoms with Gasteiger partial charge in [-0.2, -0.15) is 4.98 Å². The molecule has 2 aromatic rings. The van der Waals surface area contributed by atoms with E-state index in [1.54, 1.807) is 12.4 Å². The summed E-state index contributed by atoms with van der Waals surface area (Å²) in [4.78, 5) is 8.22. The van der Waals surface area contributed by atoms with Gasteiger partial charge in [-0.15, -0.1) is 0 Å². The van der Waals surface area contributed by atoms with Crippen LogP contribution in [0.1, 0.15) is 17.3 Å². The van der Waals surface area contributed by atoms with Gasteiger partial charge in [0.05, 0.1) is 6.42 Å². The molecule has 2 heterocycles. The minimum atomic E-state index is 0.534. The van der Waals surface area contributed by atoms with E-state index in [9.17, 15) is 0 Å². The third-order valence-electron chi connectivity index (χ3n) is 1.96. The van der Waals surface area contributed by atoms with Crippen LogP contribution in [-0.2, 0) is 12.8 Å². The van der Waals surface area contributed by atoms with Crippen molar-refractivity contribution in [2.75, 3.05) is 6.54 Å². The molecule has 0 radical (unpaired) electrons. The summed E-state index contributed by atoms with van der Waals surface area (Å²) < 4.78 is 5.08. The zero-order valence-electron chi connectivity index (χ0n) is 8.26. The molecule has 0 amide bonds. The second kappa shape index (κ2) is 4.65. The molecule has 0 unspecified atom stereocenters. The van der Waals surface area contributed by atoms with Gasteiger partial charge in [0, 0.05) is 18.8 Å². The Labute approximate surface area is 87.3 Å². The number of rotatable bonds is 4. The lowest BCUT2D eigenvalue weighted by molar-refractivity contribution is 0.379. The van der Waals surface area contributed by atoms with Crippen LogP contribution in [0.4, 0.5) is 0 Å². The maximum absolute atomic E-state index is 5.39. The average Bonchev–Trinajstić information content (AvgIpc) is 2.68. The number of pyridine rings is 1. The minimum Gasteiger partial charge on any atom is -0.339 e. The molecule has 0 aromatic carbocycles. The van der Waals surface area contributed by atoms with E-state index in [1.807, 2.05) is 12.1 Å². The number of nitrogens with zero attached hydrogens (tertiary/aromatic N) is 3. The summed E-state index contributed by atoms with van der Waals surface area (Å²) in [5.74, 6) is 1.27. The van der Waals surface area contributed by atoms with E-state index in [2.05, 4.69) is 15.1 Å². The van der Waals surface area contributed by atoms with Gasteiger partial charge in [0.25, 0.3) is 0 Å². The van der Waals surface area contributed by atoms with E-state index in [-0.39, 0.29) is 0 Å². The molecule has 0 spiro atoms. The molecular weight excluding hydrogens is 192 g/mol. The van der Waals surface area contributed by atoms with Crippen LogP contribution < -0.4 is 5.73 Å². The normalized spacial score (nSPS) is 10.5. The van der Waals surface area contributed by atoms with Crippen molar-refractivity contribution in [2.24, 2.45) is 5.73 Å². The smallest absolute Gasteiger partial charge is 0.231 e. The Morgan fingerprint density at radius 2 is 2.33 bits per heavy atom. The van der Waals surface area contributed by atoms with E-state index in [1.165, 1.54) is 0 Å². The summed E-state index contributed by atoms with van der Waals surface area (Å²) in [6.07, 6.45) is 4.78. The molecule has 0 saturated carbocycles. The van der Waals surface area contributed by atoms with E-state index >= 15 is 0 Å². The Balaban J connectivity index is 2.05. The molecule has 0 aliphatic heterocycles. The van der Waals surface area contributed by atoms with Gasteiger partial charge in [-0.05, 0) is 18.2 Å². The van der Waals surface area contributed by atoms with Crippen LogP contribution in [0.5, 0.6) is 0 Å². The molecule has 5 heteroatoms. The summed E-state index contributed by atoms with van der Waals surface area (Å²) in [5, 5.41) is 3.82. The first-order valence-corrected chi connectivity index (χ1v) is 4.79. The Morgan fingerprint density at radius 3 is 3.07 bits per heavy atom. The number of hydrogen-bond acceptors (Lipinski definition) is 5. The quantitative estimate of drug-likeness (QED) is 0.787. The molecule has 0 saturated heterocycles. The van der Waals surface area contributed by atoms with Gasteiger partial charge in [-0.25, -0.2) is 0 Å². The maximum Gasteiger partial charge on any atom is 0.231 e. The third-order valence-corrected chi connectivity index (χ3v) is 1.96. The zero-order valence-corrected chi connectivity index (χ0v) is 8.26. The number of nitrogens with two attached hydrogens (primary N) is 1.